The highest BCUT2D eigenvalue weighted by Gasteiger charge is 2.10. The molecule has 0 bridgehead atoms. The average molecular weight is 227 g/mol. The van der Waals surface area contributed by atoms with Gasteiger partial charge in [0, 0.05) is 25.5 Å². The summed E-state index contributed by atoms with van der Waals surface area (Å²) in [6.07, 6.45) is 3.42. The fourth-order valence-electron chi connectivity index (χ4n) is 1.48. The van der Waals surface area contributed by atoms with E-state index in [1.165, 1.54) is 0 Å². The molecule has 1 aromatic rings. The van der Waals surface area contributed by atoms with Crippen LogP contribution < -0.4 is 5.73 Å². The first-order valence-corrected chi connectivity index (χ1v) is 5.91. The minimum Gasteiger partial charge on any atom is -0.381 e. The van der Waals surface area contributed by atoms with E-state index >= 15 is 0 Å². The number of hydrogen-bond acceptors (Lipinski definition) is 5. The molecule has 0 saturated carbocycles. The SMILES string of the molecule is CCCC(N)Cc1nc(CCOCC)no1. The Labute approximate surface area is 96.4 Å². The normalized spacial score (nSPS) is 12.9. The Bertz CT molecular complexity index is 289. The Morgan fingerprint density at radius 1 is 1.44 bits per heavy atom. The molecule has 0 fully saturated rings. The van der Waals surface area contributed by atoms with Gasteiger partial charge < -0.3 is 15.0 Å². The van der Waals surface area contributed by atoms with E-state index in [1.807, 2.05) is 6.92 Å². The predicted octanol–water partition coefficient (Wildman–Crippen LogP) is 1.32. The van der Waals surface area contributed by atoms with Crippen LogP contribution in [0.1, 0.15) is 38.4 Å². The number of nitrogens with zero attached hydrogens (tertiary/aromatic N) is 2. The summed E-state index contributed by atoms with van der Waals surface area (Å²) < 4.78 is 10.3. The molecule has 0 amide bonds. The third-order valence-corrected chi connectivity index (χ3v) is 2.28. The van der Waals surface area contributed by atoms with Crippen LogP contribution in [0.3, 0.4) is 0 Å². The third-order valence-electron chi connectivity index (χ3n) is 2.28. The summed E-state index contributed by atoms with van der Waals surface area (Å²) in [5, 5.41) is 3.88. The van der Waals surface area contributed by atoms with Crippen LogP contribution in [0.2, 0.25) is 0 Å². The molecule has 0 aliphatic rings. The van der Waals surface area contributed by atoms with Crippen LogP contribution in [0.4, 0.5) is 0 Å². The number of hydrogen-bond donors (Lipinski definition) is 1. The molecule has 0 aromatic carbocycles. The molecule has 1 heterocycles. The molecular formula is C11H21N3O2. The minimum atomic E-state index is 0.116. The molecule has 16 heavy (non-hydrogen) atoms. The van der Waals surface area contributed by atoms with Gasteiger partial charge in [-0.3, -0.25) is 0 Å². The lowest BCUT2D eigenvalue weighted by atomic mass is 10.1. The molecule has 0 aliphatic carbocycles. The fraction of sp³-hybridized carbons (Fsp3) is 0.818. The lowest BCUT2D eigenvalue weighted by Crippen LogP contribution is -2.22. The van der Waals surface area contributed by atoms with Crippen molar-refractivity contribution in [2.45, 2.75) is 45.6 Å². The number of aromatic nitrogens is 2. The van der Waals surface area contributed by atoms with E-state index in [4.69, 9.17) is 15.0 Å². The van der Waals surface area contributed by atoms with Crippen LogP contribution in [-0.4, -0.2) is 29.4 Å². The summed E-state index contributed by atoms with van der Waals surface area (Å²) in [6.45, 7) is 5.43. The Hall–Kier alpha value is -0.940. The van der Waals surface area contributed by atoms with E-state index in [0.717, 1.165) is 12.8 Å². The number of nitrogens with two attached hydrogens (primary N) is 1. The van der Waals surface area contributed by atoms with Gasteiger partial charge in [0.25, 0.3) is 0 Å². The molecule has 0 spiro atoms. The maximum atomic E-state index is 5.89. The Balaban J connectivity index is 2.33. The maximum Gasteiger partial charge on any atom is 0.228 e. The van der Waals surface area contributed by atoms with Crippen molar-refractivity contribution in [2.75, 3.05) is 13.2 Å². The highest BCUT2D eigenvalue weighted by atomic mass is 16.5. The topological polar surface area (TPSA) is 74.2 Å². The van der Waals surface area contributed by atoms with Crippen molar-refractivity contribution in [2.24, 2.45) is 5.73 Å². The van der Waals surface area contributed by atoms with Gasteiger partial charge in [-0.25, -0.2) is 0 Å². The van der Waals surface area contributed by atoms with Gasteiger partial charge in [0.1, 0.15) is 0 Å². The lowest BCUT2D eigenvalue weighted by Gasteiger charge is -2.05. The monoisotopic (exact) mass is 227 g/mol. The molecular weight excluding hydrogens is 206 g/mol. The van der Waals surface area contributed by atoms with Crippen LogP contribution in [-0.2, 0) is 17.6 Å². The Morgan fingerprint density at radius 2 is 2.25 bits per heavy atom. The first-order valence-electron chi connectivity index (χ1n) is 5.91. The largest absolute Gasteiger partial charge is 0.381 e. The molecule has 0 saturated heterocycles. The molecule has 1 aromatic heterocycles. The van der Waals surface area contributed by atoms with Crippen molar-refractivity contribution < 1.29 is 9.26 Å². The van der Waals surface area contributed by atoms with Gasteiger partial charge in [0.15, 0.2) is 5.82 Å². The van der Waals surface area contributed by atoms with Crippen LogP contribution in [0.15, 0.2) is 4.52 Å². The summed E-state index contributed by atoms with van der Waals surface area (Å²) >= 11 is 0. The molecule has 0 radical (unpaired) electrons. The smallest absolute Gasteiger partial charge is 0.228 e. The zero-order valence-corrected chi connectivity index (χ0v) is 10.1. The van der Waals surface area contributed by atoms with Crippen LogP contribution in [0.5, 0.6) is 0 Å². The van der Waals surface area contributed by atoms with Gasteiger partial charge in [-0.2, -0.15) is 4.98 Å². The van der Waals surface area contributed by atoms with Crippen LogP contribution in [0, 0.1) is 0 Å². The van der Waals surface area contributed by atoms with E-state index in [2.05, 4.69) is 17.1 Å². The molecule has 1 unspecified atom stereocenters. The van der Waals surface area contributed by atoms with E-state index in [-0.39, 0.29) is 6.04 Å². The first kappa shape index (κ1) is 13.1. The van der Waals surface area contributed by atoms with Crippen molar-refractivity contribution >= 4 is 0 Å². The second kappa shape index (κ2) is 7.35. The van der Waals surface area contributed by atoms with Crippen molar-refractivity contribution in [1.82, 2.24) is 10.1 Å². The Morgan fingerprint density at radius 3 is 2.94 bits per heavy atom. The zero-order chi connectivity index (χ0) is 11.8. The highest BCUT2D eigenvalue weighted by molar-refractivity contribution is 4.89. The quantitative estimate of drug-likeness (QED) is 0.678. The molecule has 1 rings (SSSR count). The van der Waals surface area contributed by atoms with Crippen molar-refractivity contribution in [3.05, 3.63) is 11.7 Å². The zero-order valence-electron chi connectivity index (χ0n) is 10.1. The molecule has 5 nitrogen and oxygen atoms in total. The summed E-state index contributed by atoms with van der Waals surface area (Å²) in [5.74, 6) is 1.33. The van der Waals surface area contributed by atoms with E-state index in [1.54, 1.807) is 0 Å². The Kier molecular flexibility index (Phi) is 6.03. The average Bonchev–Trinajstić information content (AvgIpc) is 2.66. The fourth-order valence-corrected chi connectivity index (χ4v) is 1.48. The molecule has 0 aliphatic heterocycles. The lowest BCUT2D eigenvalue weighted by molar-refractivity contribution is 0.149. The van der Waals surface area contributed by atoms with Gasteiger partial charge in [-0.05, 0) is 13.3 Å². The molecule has 1 atom stereocenters. The first-order chi connectivity index (χ1) is 7.76. The molecule has 5 heteroatoms. The van der Waals surface area contributed by atoms with Gasteiger partial charge >= 0.3 is 0 Å². The van der Waals surface area contributed by atoms with Gasteiger partial charge in [-0.15, -0.1) is 0 Å². The van der Waals surface area contributed by atoms with Crippen molar-refractivity contribution in [3.8, 4) is 0 Å². The second-order valence-corrected chi connectivity index (χ2v) is 3.80. The van der Waals surface area contributed by atoms with E-state index < -0.39 is 0 Å². The minimum absolute atomic E-state index is 0.116. The van der Waals surface area contributed by atoms with Crippen LogP contribution in [0.25, 0.3) is 0 Å². The maximum absolute atomic E-state index is 5.89. The van der Waals surface area contributed by atoms with Gasteiger partial charge in [-0.1, -0.05) is 18.5 Å². The standard InChI is InChI=1S/C11H21N3O2/c1-3-5-9(12)8-11-13-10(14-16-11)6-7-15-4-2/h9H,3-8,12H2,1-2H3. The van der Waals surface area contributed by atoms with Crippen LogP contribution >= 0.6 is 0 Å². The van der Waals surface area contributed by atoms with Gasteiger partial charge in [0.05, 0.1) is 6.61 Å². The predicted molar refractivity (Wildman–Crippen MR) is 61.1 cm³/mol. The summed E-state index contributed by atoms with van der Waals surface area (Å²) in [7, 11) is 0. The van der Waals surface area contributed by atoms with Crippen molar-refractivity contribution in [3.63, 3.8) is 0 Å². The molecule has 2 N–H and O–H groups in total. The van der Waals surface area contributed by atoms with Crippen molar-refractivity contribution in [1.29, 1.82) is 0 Å². The summed E-state index contributed by atoms with van der Waals surface area (Å²) in [6, 6.07) is 0.116. The number of rotatable bonds is 8. The number of ether oxygens (including phenoxy) is 1. The third kappa shape index (κ3) is 4.72. The second-order valence-electron chi connectivity index (χ2n) is 3.80. The molecule has 92 valence electrons. The van der Waals surface area contributed by atoms with Gasteiger partial charge in [0.2, 0.25) is 5.89 Å². The van der Waals surface area contributed by atoms with E-state index in [0.29, 0.717) is 37.8 Å². The van der Waals surface area contributed by atoms with E-state index in [9.17, 15) is 0 Å². The summed E-state index contributed by atoms with van der Waals surface area (Å²) in [4.78, 5) is 4.27. The summed E-state index contributed by atoms with van der Waals surface area (Å²) in [5.41, 5.74) is 5.89. The highest BCUT2D eigenvalue weighted by Crippen LogP contribution is 2.04.